The molecule has 4 nitrogen and oxygen atoms in total. The van der Waals surface area contributed by atoms with E-state index in [-0.39, 0.29) is 17.3 Å². The topological polar surface area (TPSA) is 46.6 Å². The van der Waals surface area contributed by atoms with Crippen LogP contribution in [-0.4, -0.2) is 35.5 Å². The summed E-state index contributed by atoms with van der Waals surface area (Å²) >= 11 is 0. The maximum absolute atomic E-state index is 12.6. The van der Waals surface area contributed by atoms with Crippen molar-refractivity contribution < 1.29 is 14.3 Å². The monoisotopic (exact) mass is 329 g/mol. The molecule has 1 unspecified atom stereocenters. The number of ketones is 1. The van der Waals surface area contributed by atoms with Crippen molar-refractivity contribution in [3.8, 4) is 0 Å². The minimum Gasteiger partial charge on any atom is -0.444 e. The molecular weight excluding hydrogens is 302 g/mol. The van der Waals surface area contributed by atoms with Crippen LogP contribution < -0.4 is 0 Å². The molecule has 24 heavy (non-hydrogen) atoms. The highest BCUT2D eigenvalue weighted by Gasteiger charge is 2.40. The fourth-order valence-corrected chi connectivity index (χ4v) is 3.97. The number of rotatable bonds is 0. The van der Waals surface area contributed by atoms with Gasteiger partial charge in [0.05, 0.1) is 0 Å². The Morgan fingerprint density at radius 2 is 1.88 bits per heavy atom. The zero-order valence-corrected chi connectivity index (χ0v) is 14.9. The number of benzene rings is 1. The Labute approximate surface area is 144 Å². The van der Waals surface area contributed by atoms with Gasteiger partial charge in [-0.25, -0.2) is 4.79 Å². The van der Waals surface area contributed by atoms with Gasteiger partial charge in [-0.2, -0.15) is 0 Å². The summed E-state index contributed by atoms with van der Waals surface area (Å²) in [6, 6.07) is 7.96. The van der Waals surface area contributed by atoms with Gasteiger partial charge in [0, 0.05) is 25.1 Å². The van der Waals surface area contributed by atoms with Gasteiger partial charge in [-0.3, -0.25) is 4.79 Å². The summed E-state index contributed by atoms with van der Waals surface area (Å²) in [5, 5.41) is 0. The first-order valence-electron chi connectivity index (χ1n) is 8.87. The molecule has 0 aromatic heterocycles. The quantitative estimate of drug-likeness (QED) is 0.716. The molecule has 1 saturated heterocycles. The Bertz CT molecular complexity index is 647. The van der Waals surface area contributed by atoms with Gasteiger partial charge in [0.25, 0.3) is 0 Å². The summed E-state index contributed by atoms with van der Waals surface area (Å²) in [6.45, 7) is 7.06. The molecule has 0 radical (unpaired) electrons. The van der Waals surface area contributed by atoms with E-state index in [0.717, 1.165) is 31.2 Å². The van der Waals surface area contributed by atoms with Gasteiger partial charge in [-0.15, -0.1) is 0 Å². The highest BCUT2D eigenvalue weighted by atomic mass is 16.6. The fourth-order valence-electron chi connectivity index (χ4n) is 3.97. The summed E-state index contributed by atoms with van der Waals surface area (Å²) < 4.78 is 5.51. The summed E-state index contributed by atoms with van der Waals surface area (Å²) in [4.78, 5) is 26.7. The van der Waals surface area contributed by atoms with Crippen molar-refractivity contribution in [3.63, 3.8) is 0 Å². The molecule has 1 fully saturated rings. The van der Waals surface area contributed by atoms with Gasteiger partial charge in [0.1, 0.15) is 5.60 Å². The first-order valence-corrected chi connectivity index (χ1v) is 8.87. The van der Waals surface area contributed by atoms with Gasteiger partial charge in [-0.05, 0) is 57.4 Å². The summed E-state index contributed by atoms with van der Waals surface area (Å²) in [6.07, 6.45) is 4.10. The highest BCUT2D eigenvalue weighted by Crippen LogP contribution is 2.43. The lowest BCUT2D eigenvalue weighted by Gasteiger charge is -2.36. The van der Waals surface area contributed by atoms with Crippen LogP contribution in [0.1, 0.15) is 62.4 Å². The van der Waals surface area contributed by atoms with E-state index in [0.29, 0.717) is 19.5 Å². The van der Waals surface area contributed by atoms with Gasteiger partial charge < -0.3 is 9.64 Å². The Balaban J connectivity index is 1.72. The van der Waals surface area contributed by atoms with Crippen LogP contribution >= 0.6 is 0 Å². The molecule has 1 aromatic carbocycles. The number of fused-ring (bicyclic) bond motifs is 1. The Kier molecular flexibility index (Phi) is 4.41. The Hall–Kier alpha value is -1.84. The molecule has 1 aliphatic carbocycles. The smallest absolute Gasteiger partial charge is 0.410 e. The van der Waals surface area contributed by atoms with Crippen molar-refractivity contribution in [1.29, 1.82) is 0 Å². The largest absolute Gasteiger partial charge is 0.444 e. The number of nitrogens with zero attached hydrogens (tertiary/aromatic N) is 1. The molecular formula is C20H27NO3. The number of Topliss-reactive ketones (excluding diaryl/α,β-unsaturated/α-hetero) is 1. The second-order valence-corrected chi connectivity index (χ2v) is 8.25. The van der Waals surface area contributed by atoms with Crippen molar-refractivity contribution in [1.82, 2.24) is 4.90 Å². The second-order valence-electron chi connectivity index (χ2n) is 8.25. The van der Waals surface area contributed by atoms with Crippen molar-refractivity contribution in [2.45, 2.75) is 58.5 Å². The van der Waals surface area contributed by atoms with E-state index in [1.54, 1.807) is 0 Å². The molecule has 1 aromatic rings. The first-order chi connectivity index (χ1) is 11.3. The predicted molar refractivity (Wildman–Crippen MR) is 93.2 cm³/mol. The number of ether oxygens (including phenoxy) is 1. The van der Waals surface area contributed by atoms with Crippen LogP contribution in [0.2, 0.25) is 0 Å². The van der Waals surface area contributed by atoms with Crippen LogP contribution in [0.15, 0.2) is 24.3 Å². The molecule has 2 aliphatic rings. The van der Waals surface area contributed by atoms with Crippen LogP contribution in [0.4, 0.5) is 4.79 Å². The molecule has 3 rings (SSSR count). The molecule has 4 heteroatoms. The van der Waals surface area contributed by atoms with Crippen LogP contribution in [0.5, 0.6) is 0 Å². The lowest BCUT2D eigenvalue weighted by Crippen LogP contribution is -2.38. The molecule has 1 amide bonds. The average molecular weight is 329 g/mol. The third-order valence-corrected chi connectivity index (χ3v) is 5.12. The van der Waals surface area contributed by atoms with E-state index < -0.39 is 5.60 Å². The SMILES string of the molecule is CC(C)(C)OC(=O)N1CCCC2(CC1)CC(=O)c1ccccc1C2. The van der Waals surface area contributed by atoms with Crippen LogP contribution in [-0.2, 0) is 11.2 Å². The van der Waals surface area contributed by atoms with Gasteiger partial charge in [0.15, 0.2) is 5.78 Å². The number of hydrogen-bond acceptors (Lipinski definition) is 3. The molecule has 1 spiro atoms. The predicted octanol–water partition coefficient (Wildman–Crippen LogP) is 4.22. The molecule has 1 heterocycles. The standard InChI is InChI=1S/C20H27NO3/c1-19(2,3)24-18(23)21-11-6-9-20(10-12-21)13-15-7-4-5-8-16(15)17(22)14-20/h4-5,7-8H,6,9-14H2,1-3H3. The Morgan fingerprint density at radius 3 is 2.62 bits per heavy atom. The summed E-state index contributed by atoms with van der Waals surface area (Å²) in [5.74, 6) is 0.252. The minimum absolute atomic E-state index is 0.00218. The third kappa shape index (κ3) is 3.63. The van der Waals surface area contributed by atoms with Crippen molar-refractivity contribution in [2.75, 3.05) is 13.1 Å². The third-order valence-electron chi connectivity index (χ3n) is 5.12. The number of carbonyl (C=O) groups excluding carboxylic acids is 2. The highest BCUT2D eigenvalue weighted by molar-refractivity contribution is 5.99. The van der Waals surface area contributed by atoms with Crippen molar-refractivity contribution in [2.24, 2.45) is 5.41 Å². The molecule has 0 saturated carbocycles. The van der Waals surface area contributed by atoms with E-state index >= 15 is 0 Å². The summed E-state index contributed by atoms with van der Waals surface area (Å²) in [7, 11) is 0. The second kappa shape index (κ2) is 6.23. The minimum atomic E-state index is -0.471. The van der Waals surface area contributed by atoms with Crippen LogP contribution in [0, 0.1) is 5.41 Å². The Morgan fingerprint density at radius 1 is 1.12 bits per heavy atom. The number of amides is 1. The van der Waals surface area contributed by atoms with E-state index in [9.17, 15) is 9.59 Å². The van der Waals surface area contributed by atoms with Crippen LogP contribution in [0.3, 0.4) is 0 Å². The first kappa shape index (κ1) is 17.0. The lowest BCUT2D eigenvalue weighted by atomic mass is 9.67. The molecule has 0 bridgehead atoms. The van der Waals surface area contributed by atoms with Crippen molar-refractivity contribution in [3.05, 3.63) is 35.4 Å². The van der Waals surface area contributed by atoms with E-state index in [1.165, 1.54) is 5.56 Å². The van der Waals surface area contributed by atoms with Gasteiger partial charge >= 0.3 is 6.09 Å². The molecule has 130 valence electrons. The van der Waals surface area contributed by atoms with E-state index in [2.05, 4.69) is 6.07 Å². The lowest BCUT2D eigenvalue weighted by molar-refractivity contribution is 0.0250. The van der Waals surface area contributed by atoms with Gasteiger partial charge in [0.2, 0.25) is 0 Å². The molecule has 1 aliphatic heterocycles. The van der Waals surface area contributed by atoms with Gasteiger partial charge in [-0.1, -0.05) is 24.3 Å². The van der Waals surface area contributed by atoms with Crippen molar-refractivity contribution >= 4 is 11.9 Å². The van der Waals surface area contributed by atoms with Crippen LogP contribution in [0.25, 0.3) is 0 Å². The average Bonchev–Trinajstić information content (AvgIpc) is 2.68. The number of likely N-dealkylation sites (tertiary alicyclic amines) is 1. The zero-order valence-electron chi connectivity index (χ0n) is 14.9. The summed E-state index contributed by atoms with van der Waals surface area (Å²) in [5.41, 5.74) is 1.58. The molecule has 1 atom stereocenters. The fraction of sp³-hybridized carbons (Fsp3) is 0.600. The number of hydrogen-bond donors (Lipinski definition) is 0. The normalized spacial score (nSPS) is 24.5. The maximum Gasteiger partial charge on any atom is 0.410 e. The zero-order chi connectivity index (χ0) is 17.4. The maximum atomic E-state index is 12.6. The van der Waals surface area contributed by atoms with E-state index in [1.807, 2.05) is 43.9 Å². The number of carbonyl (C=O) groups is 2. The molecule has 0 N–H and O–H groups in total. The van der Waals surface area contributed by atoms with E-state index in [4.69, 9.17) is 4.74 Å².